The largest absolute Gasteiger partial charge is 0.444 e. The maximum Gasteiger partial charge on any atom is 0.407 e. The fourth-order valence-electron chi connectivity index (χ4n) is 1.19. The molecule has 1 N–H and O–H groups in total. The van der Waals surface area contributed by atoms with Gasteiger partial charge in [0.1, 0.15) is 5.60 Å². The molecule has 0 aromatic heterocycles. The van der Waals surface area contributed by atoms with Crippen LogP contribution in [0.25, 0.3) is 0 Å². The molecule has 1 rings (SSSR count). The highest BCUT2D eigenvalue weighted by atomic mass is 16.6. The zero-order valence-electron chi connectivity index (χ0n) is 10.3. The molecule has 0 atom stereocenters. The second-order valence-corrected chi connectivity index (χ2v) is 4.84. The second kappa shape index (κ2) is 5.01. The molecule has 0 aliphatic carbocycles. The van der Waals surface area contributed by atoms with E-state index < -0.39 is 5.60 Å². The highest BCUT2D eigenvalue weighted by Crippen LogP contribution is 2.07. The molecule has 0 spiro atoms. The van der Waals surface area contributed by atoms with Gasteiger partial charge < -0.3 is 10.1 Å². The van der Waals surface area contributed by atoms with E-state index in [4.69, 9.17) is 4.74 Å². The van der Waals surface area contributed by atoms with Crippen molar-refractivity contribution in [1.29, 1.82) is 0 Å². The molecule has 1 amide bonds. The van der Waals surface area contributed by atoms with Crippen LogP contribution in [-0.4, -0.2) is 11.7 Å². The van der Waals surface area contributed by atoms with E-state index >= 15 is 0 Å². The lowest BCUT2D eigenvalue weighted by atomic mass is 10.1. The fraction of sp³-hybridized carbons (Fsp3) is 0.462. The minimum Gasteiger partial charge on any atom is -0.444 e. The highest BCUT2D eigenvalue weighted by molar-refractivity contribution is 5.67. The quantitative estimate of drug-likeness (QED) is 0.833. The van der Waals surface area contributed by atoms with Crippen LogP contribution >= 0.6 is 0 Å². The number of rotatable bonds is 2. The third-order valence-corrected chi connectivity index (χ3v) is 1.96. The van der Waals surface area contributed by atoms with Crippen LogP contribution in [-0.2, 0) is 11.3 Å². The van der Waals surface area contributed by atoms with E-state index in [1.54, 1.807) is 0 Å². The van der Waals surface area contributed by atoms with E-state index in [2.05, 4.69) is 5.32 Å². The van der Waals surface area contributed by atoms with Gasteiger partial charge in [-0.2, -0.15) is 0 Å². The number of aryl methyl sites for hydroxylation is 1. The molecule has 0 unspecified atom stereocenters. The maximum absolute atomic E-state index is 11.4. The lowest BCUT2D eigenvalue weighted by molar-refractivity contribution is 0.0523. The molecular formula is C13H19NO2. The van der Waals surface area contributed by atoms with Gasteiger partial charge >= 0.3 is 6.09 Å². The average molecular weight is 221 g/mol. The summed E-state index contributed by atoms with van der Waals surface area (Å²) in [6.45, 7) is 8.07. The standard InChI is InChI=1S/C13H19NO2/c1-10-5-7-11(8-6-10)9-14-12(15)16-13(2,3)4/h5-8H,9H2,1-4H3,(H,14,15). The van der Waals surface area contributed by atoms with Crippen LogP contribution < -0.4 is 5.32 Å². The monoisotopic (exact) mass is 221 g/mol. The molecule has 0 saturated carbocycles. The third-order valence-electron chi connectivity index (χ3n) is 1.96. The maximum atomic E-state index is 11.4. The highest BCUT2D eigenvalue weighted by Gasteiger charge is 2.15. The zero-order valence-corrected chi connectivity index (χ0v) is 10.3. The summed E-state index contributed by atoms with van der Waals surface area (Å²) >= 11 is 0. The summed E-state index contributed by atoms with van der Waals surface area (Å²) in [4.78, 5) is 11.4. The lowest BCUT2D eigenvalue weighted by Gasteiger charge is -2.19. The number of benzene rings is 1. The van der Waals surface area contributed by atoms with Crippen LogP contribution in [0.5, 0.6) is 0 Å². The Labute approximate surface area is 96.8 Å². The summed E-state index contributed by atoms with van der Waals surface area (Å²) in [6.07, 6.45) is -0.381. The Morgan fingerprint density at radius 3 is 2.31 bits per heavy atom. The van der Waals surface area contributed by atoms with Crippen LogP contribution in [0.1, 0.15) is 31.9 Å². The molecule has 0 aliphatic rings. The van der Waals surface area contributed by atoms with Crippen molar-refractivity contribution in [3.63, 3.8) is 0 Å². The van der Waals surface area contributed by atoms with Crippen LogP contribution in [0.15, 0.2) is 24.3 Å². The molecule has 0 fully saturated rings. The molecule has 3 heteroatoms. The van der Waals surface area contributed by atoms with Crippen molar-refractivity contribution in [3.05, 3.63) is 35.4 Å². The summed E-state index contributed by atoms with van der Waals surface area (Å²) in [5.74, 6) is 0. The van der Waals surface area contributed by atoms with Crippen molar-refractivity contribution in [3.8, 4) is 0 Å². The van der Waals surface area contributed by atoms with Gasteiger partial charge in [-0.3, -0.25) is 0 Å². The number of ether oxygens (including phenoxy) is 1. The van der Waals surface area contributed by atoms with Crippen LogP contribution in [0.4, 0.5) is 4.79 Å². The Balaban J connectivity index is 2.40. The second-order valence-electron chi connectivity index (χ2n) is 4.84. The number of hydrogen-bond acceptors (Lipinski definition) is 2. The fourth-order valence-corrected chi connectivity index (χ4v) is 1.19. The molecule has 0 bridgehead atoms. The number of hydrogen-bond donors (Lipinski definition) is 1. The first-order chi connectivity index (χ1) is 7.37. The summed E-state index contributed by atoms with van der Waals surface area (Å²) in [5, 5.41) is 2.71. The number of amides is 1. The Morgan fingerprint density at radius 2 is 1.81 bits per heavy atom. The third kappa shape index (κ3) is 4.82. The van der Waals surface area contributed by atoms with Crippen LogP contribution in [0.3, 0.4) is 0 Å². The molecule has 3 nitrogen and oxygen atoms in total. The van der Waals surface area contributed by atoms with Gasteiger partial charge in [0.2, 0.25) is 0 Å². The minimum atomic E-state index is -0.447. The van der Waals surface area contributed by atoms with Crippen molar-refractivity contribution in [2.24, 2.45) is 0 Å². The van der Waals surface area contributed by atoms with Crippen LogP contribution in [0.2, 0.25) is 0 Å². The summed E-state index contributed by atoms with van der Waals surface area (Å²) in [6, 6.07) is 8.03. The van der Waals surface area contributed by atoms with E-state index in [9.17, 15) is 4.79 Å². The number of nitrogens with one attached hydrogen (secondary N) is 1. The topological polar surface area (TPSA) is 38.3 Å². The van der Waals surface area contributed by atoms with Crippen LogP contribution in [0, 0.1) is 6.92 Å². The lowest BCUT2D eigenvalue weighted by Crippen LogP contribution is -2.32. The van der Waals surface area contributed by atoms with Crippen molar-refractivity contribution >= 4 is 6.09 Å². The predicted octanol–water partition coefficient (Wildman–Crippen LogP) is 3.02. The van der Waals surface area contributed by atoms with E-state index in [0.29, 0.717) is 6.54 Å². The van der Waals surface area contributed by atoms with Gasteiger partial charge in [-0.15, -0.1) is 0 Å². The molecular weight excluding hydrogens is 202 g/mol. The molecule has 1 aromatic carbocycles. The zero-order chi connectivity index (χ0) is 12.2. The molecule has 0 saturated heterocycles. The number of alkyl carbamates (subject to hydrolysis) is 1. The SMILES string of the molecule is Cc1ccc(CNC(=O)OC(C)(C)C)cc1. The van der Waals surface area contributed by atoms with Crippen molar-refractivity contribution in [1.82, 2.24) is 5.32 Å². The predicted molar refractivity (Wildman–Crippen MR) is 64.3 cm³/mol. The van der Waals surface area contributed by atoms with Gasteiger partial charge in [0.15, 0.2) is 0 Å². The first-order valence-corrected chi connectivity index (χ1v) is 5.39. The molecule has 0 aliphatic heterocycles. The smallest absolute Gasteiger partial charge is 0.407 e. The van der Waals surface area contributed by atoms with E-state index in [0.717, 1.165) is 5.56 Å². The summed E-state index contributed by atoms with van der Waals surface area (Å²) in [7, 11) is 0. The minimum absolute atomic E-state index is 0.381. The van der Waals surface area contributed by atoms with E-state index in [1.165, 1.54) is 5.56 Å². The number of carbonyl (C=O) groups excluding carboxylic acids is 1. The van der Waals surface area contributed by atoms with Gasteiger partial charge in [0, 0.05) is 6.54 Å². The van der Waals surface area contributed by atoms with Gasteiger partial charge in [-0.1, -0.05) is 29.8 Å². The van der Waals surface area contributed by atoms with E-state index in [-0.39, 0.29) is 6.09 Å². The van der Waals surface area contributed by atoms with E-state index in [1.807, 2.05) is 52.0 Å². The first-order valence-electron chi connectivity index (χ1n) is 5.39. The Morgan fingerprint density at radius 1 is 1.25 bits per heavy atom. The van der Waals surface area contributed by atoms with Crippen molar-refractivity contribution in [2.75, 3.05) is 0 Å². The van der Waals surface area contributed by atoms with Gasteiger partial charge in [0.25, 0.3) is 0 Å². The summed E-state index contributed by atoms with van der Waals surface area (Å²) < 4.78 is 5.13. The molecule has 0 radical (unpaired) electrons. The van der Waals surface area contributed by atoms with Gasteiger partial charge in [0.05, 0.1) is 0 Å². The first kappa shape index (κ1) is 12.6. The molecule has 1 aromatic rings. The van der Waals surface area contributed by atoms with Crippen molar-refractivity contribution < 1.29 is 9.53 Å². The van der Waals surface area contributed by atoms with Crippen molar-refractivity contribution in [2.45, 2.75) is 39.8 Å². The van der Waals surface area contributed by atoms with Gasteiger partial charge in [-0.05, 0) is 33.3 Å². The number of carbonyl (C=O) groups is 1. The molecule has 16 heavy (non-hydrogen) atoms. The summed E-state index contributed by atoms with van der Waals surface area (Å²) in [5.41, 5.74) is 1.83. The normalized spacial score (nSPS) is 11.0. The molecule has 88 valence electrons. The Bertz CT molecular complexity index is 349. The molecule has 0 heterocycles. The average Bonchev–Trinajstić information content (AvgIpc) is 2.14. The Kier molecular flexibility index (Phi) is 3.93. The Hall–Kier alpha value is -1.51. The van der Waals surface area contributed by atoms with Gasteiger partial charge in [-0.25, -0.2) is 4.79 Å².